The molecule has 6 heteroatoms. The highest BCUT2D eigenvalue weighted by Gasteiger charge is 2.14. The number of ether oxygens (including phenoxy) is 1. The zero-order chi connectivity index (χ0) is 11.0. The summed E-state index contributed by atoms with van der Waals surface area (Å²) >= 11 is 1.17. The van der Waals surface area contributed by atoms with Gasteiger partial charge in [0, 0.05) is 0 Å². The Morgan fingerprint density at radius 3 is 3.00 bits per heavy atom. The molecule has 0 atom stereocenters. The molecule has 0 bridgehead atoms. The highest BCUT2D eigenvalue weighted by atomic mass is 32.1. The fourth-order valence-electron chi connectivity index (χ4n) is 1.23. The second-order valence-electron chi connectivity index (χ2n) is 2.84. The summed E-state index contributed by atoms with van der Waals surface area (Å²) in [6.07, 6.45) is 0. The number of carbonyl (C=O) groups is 1. The number of anilines is 1. The van der Waals surface area contributed by atoms with Gasteiger partial charge in [-0.15, -0.1) is 0 Å². The first-order valence-corrected chi connectivity index (χ1v) is 4.87. The molecule has 0 spiro atoms. The first-order valence-electron chi connectivity index (χ1n) is 4.05. The molecule has 2 rings (SSSR count). The van der Waals surface area contributed by atoms with Gasteiger partial charge in [0.1, 0.15) is 5.82 Å². The topological polar surface area (TPSA) is 65.2 Å². The summed E-state index contributed by atoms with van der Waals surface area (Å²) in [5, 5.41) is 0.339. The largest absolute Gasteiger partial charge is 0.465 e. The van der Waals surface area contributed by atoms with Crippen LogP contribution in [0, 0.1) is 5.82 Å². The van der Waals surface area contributed by atoms with Crippen LogP contribution < -0.4 is 5.73 Å². The molecule has 0 fully saturated rings. The molecule has 2 N–H and O–H groups in total. The molecule has 0 saturated carbocycles. The first-order chi connectivity index (χ1) is 7.11. The van der Waals surface area contributed by atoms with E-state index in [1.165, 1.54) is 30.6 Å². The lowest BCUT2D eigenvalue weighted by molar-refractivity contribution is 0.0595. The molecule has 1 aromatic heterocycles. The van der Waals surface area contributed by atoms with Crippen LogP contribution in [0.15, 0.2) is 12.1 Å². The molecule has 78 valence electrons. The number of thiazole rings is 1. The molecular formula is C9H7FN2O2S. The fraction of sp³-hybridized carbons (Fsp3) is 0.111. The van der Waals surface area contributed by atoms with Crippen LogP contribution in [0.4, 0.5) is 9.52 Å². The van der Waals surface area contributed by atoms with Gasteiger partial charge in [0.25, 0.3) is 0 Å². The monoisotopic (exact) mass is 226 g/mol. The SMILES string of the molecule is COC(=O)c1cc2nc(N)sc2cc1F. The van der Waals surface area contributed by atoms with Gasteiger partial charge in [-0.25, -0.2) is 14.2 Å². The summed E-state index contributed by atoms with van der Waals surface area (Å²) in [5.41, 5.74) is 5.84. The number of carbonyl (C=O) groups excluding carboxylic acids is 1. The molecule has 1 aromatic carbocycles. The average Bonchev–Trinajstić information content (AvgIpc) is 2.55. The van der Waals surface area contributed by atoms with Crippen molar-refractivity contribution >= 4 is 32.7 Å². The van der Waals surface area contributed by atoms with E-state index in [4.69, 9.17) is 5.73 Å². The summed E-state index contributed by atoms with van der Waals surface area (Å²) in [7, 11) is 1.20. The number of fused-ring (bicyclic) bond motifs is 1. The molecule has 2 aromatic rings. The minimum Gasteiger partial charge on any atom is -0.465 e. The zero-order valence-corrected chi connectivity index (χ0v) is 8.60. The number of nitrogen functional groups attached to an aromatic ring is 1. The van der Waals surface area contributed by atoms with Gasteiger partial charge in [0.2, 0.25) is 0 Å². The second kappa shape index (κ2) is 3.47. The summed E-state index contributed by atoms with van der Waals surface area (Å²) in [6, 6.07) is 2.57. The number of nitrogens with zero attached hydrogens (tertiary/aromatic N) is 1. The molecule has 0 aliphatic rings. The predicted molar refractivity (Wildman–Crippen MR) is 55.3 cm³/mol. The van der Waals surface area contributed by atoms with Gasteiger partial charge >= 0.3 is 5.97 Å². The molecule has 0 aliphatic carbocycles. The number of benzene rings is 1. The van der Waals surface area contributed by atoms with Gasteiger partial charge < -0.3 is 10.5 Å². The van der Waals surface area contributed by atoms with Gasteiger partial charge in [-0.05, 0) is 12.1 Å². The van der Waals surface area contributed by atoms with Crippen molar-refractivity contribution in [2.45, 2.75) is 0 Å². The van der Waals surface area contributed by atoms with Crippen LogP contribution in [0.2, 0.25) is 0 Å². The minimum absolute atomic E-state index is 0.129. The third-order valence-corrected chi connectivity index (χ3v) is 2.75. The Morgan fingerprint density at radius 2 is 2.33 bits per heavy atom. The van der Waals surface area contributed by atoms with Crippen LogP contribution in [0.1, 0.15) is 10.4 Å². The van der Waals surface area contributed by atoms with E-state index in [0.717, 1.165) is 0 Å². The van der Waals surface area contributed by atoms with Crippen LogP contribution in [0.5, 0.6) is 0 Å². The second-order valence-corrected chi connectivity index (χ2v) is 3.91. The average molecular weight is 226 g/mol. The highest BCUT2D eigenvalue weighted by Crippen LogP contribution is 2.26. The Bertz CT molecular complexity index is 538. The Hall–Kier alpha value is -1.69. The van der Waals surface area contributed by atoms with E-state index in [9.17, 15) is 9.18 Å². The van der Waals surface area contributed by atoms with E-state index < -0.39 is 11.8 Å². The molecule has 0 aliphatic heterocycles. The van der Waals surface area contributed by atoms with Crippen molar-refractivity contribution in [1.29, 1.82) is 0 Å². The number of halogens is 1. The molecule has 0 radical (unpaired) electrons. The summed E-state index contributed by atoms with van der Waals surface area (Å²) < 4.78 is 18.5. The number of esters is 1. The van der Waals surface area contributed by atoms with Crippen LogP contribution in [-0.4, -0.2) is 18.1 Å². The van der Waals surface area contributed by atoms with E-state index in [1.54, 1.807) is 0 Å². The van der Waals surface area contributed by atoms with Crippen LogP contribution in [0.25, 0.3) is 10.2 Å². The molecule has 0 saturated heterocycles. The molecular weight excluding hydrogens is 219 g/mol. The molecule has 15 heavy (non-hydrogen) atoms. The zero-order valence-electron chi connectivity index (χ0n) is 7.78. The lowest BCUT2D eigenvalue weighted by Gasteiger charge is -1.99. The van der Waals surface area contributed by atoms with Gasteiger partial charge in [-0.3, -0.25) is 0 Å². The number of hydrogen-bond donors (Lipinski definition) is 1. The van der Waals surface area contributed by atoms with Crippen molar-refractivity contribution in [3.8, 4) is 0 Å². The van der Waals surface area contributed by atoms with Gasteiger partial charge in [-0.2, -0.15) is 0 Å². The molecule has 1 heterocycles. The Morgan fingerprint density at radius 1 is 1.60 bits per heavy atom. The van der Waals surface area contributed by atoms with Crippen molar-refractivity contribution in [2.75, 3.05) is 12.8 Å². The van der Waals surface area contributed by atoms with Gasteiger partial charge in [0.05, 0.1) is 22.9 Å². The van der Waals surface area contributed by atoms with E-state index in [1.807, 2.05) is 0 Å². The van der Waals surface area contributed by atoms with E-state index >= 15 is 0 Å². The predicted octanol–water partition coefficient (Wildman–Crippen LogP) is 1.80. The van der Waals surface area contributed by atoms with Crippen molar-refractivity contribution in [1.82, 2.24) is 4.98 Å². The van der Waals surface area contributed by atoms with E-state index in [0.29, 0.717) is 15.3 Å². The maximum Gasteiger partial charge on any atom is 0.340 e. The number of rotatable bonds is 1. The van der Waals surface area contributed by atoms with Crippen molar-refractivity contribution in [3.05, 3.63) is 23.5 Å². The quantitative estimate of drug-likeness (QED) is 0.753. The molecule has 4 nitrogen and oxygen atoms in total. The Labute approximate surface area is 88.5 Å². The maximum absolute atomic E-state index is 13.4. The third kappa shape index (κ3) is 1.63. The molecule has 0 amide bonds. The molecule has 0 unspecified atom stereocenters. The lowest BCUT2D eigenvalue weighted by atomic mass is 10.2. The Balaban J connectivity index is 2.66. The normalized spacial score (nSPS) is 10.5. The summed E-state index contributed by atoms with van der Waals surface area (Å²) in [4.78, 5) is 15.1. The highest BCUT2D eigenvalue weighted by molar-refractivity contribution is 7.22. The van der Waals surface area contributed by atoms with Crippen molar-refractivity contribution in [2.24, 2.45) is 0 Å². The lowest BCUT2D eigenvalue weighted by Crippen LogP contribution is -2.03. The van der Waals surface area contributed by atoms with Crippen LogP contribution in [-0.2, 0) is 4.74 Å². The fourth-order valence-corrected chi connectivity index (χ4v) is 1.97. The number of methoxy groups -OCH3 is 1. The van der Waals surface area contributed by atoms with Gasteiger partial charge in [0.15, 0.2) is 5.13 Å². The maximum atomic E-state index is 13.4. The summed E-state index contributed by atoms with van der Waals surface area (Å²) in [5.74, 6) is -1.35. The minimum atomic E-state index is -0.721. The van der Waals surface area contributed by atoms with E-state index in [2.05, 4.69) is 9.72 Å². The van der Waals surface area contributed by atoms with Crippen molar-refractivity contribution in [3.63, 3.8) is 0 Å². The number of nitrogens with two attached hydrogens (primary N) is 1. The number of hydrogen-bond acceptors (Lipinski definition) is 5. The smallest absolute Gasteiger partial charge is 0.340 e. The van der Waals surface area contributed by atoms with Gasteiger partial charge in [-0.1, -0.05) is 11.3 Å². The number of aromatic nitrogens is 1. The standard InChI is InChI=1S/C9H7FN2O2S/c1-14-8(13)4-2-6-7(3-5(4)10)15-9(11)12-6/h2-3H,1H3,(H2,11,12). The van der Waals surface area contributed by atoms with E-state index in [-0.39, 0.29) is 5.56 Å². The third-order valence-electron chi connectivity index (χ3n) is 1.90. The summed E-state index contributed by atoms with van der Waals surface area (Å²) in [6.45, 7) is 0. The van der Waals surface area contributed by atoms with Crippen molar-refractivity contribution < 1.29 is 13.9 Å². The van der Waals surface area contributed by atoms with Crippen LogP contribution in [0.3, 0.4) is 0 Å². The Kier molecular flexibility index (Phi) is 2.28. The van der Waals surface area contributed by atoms with Crippen LogP contribution >= 0.6 is 11.3 Å². The first kappa shape index (κ1) is 9.85.